The Morgan fingerprint density at radius 3 is 2.25 bits per heavy atom. The number of hydrogen-bond donors (Lipinski definition) is 2. The van der Waals surface area contributed by atoms with Crippen LogP contribution in [0, 0.1) is 34.5 Å². The molecule has 1 unspecified atom stereocenters. The van der Waals surface area contributed by atoms with Crippen molar-refractivity contribution >= 4 is 5.91 Å². The van der Waals surface area contributed by atoms with Gasteiger partial charge in [-0.25, -0.2) is 0 Å². The highest BCUT2D eigenvalue weighted by molar-refractivity contribution is 5.97. The minimum Gasteiger partial charge on any atom is -0.374 e. The Bertz CT molecular complexity index is 623. The lowest BCUT2D eigenvalue weighted by Crippen LogP contribution is -2.56. The van der Waals surface area contributed by atoms with Gasteiger partial charge in [-0.05, 0) is 68.6 Å². The van der Waals surface area contributed by atoms with E-state index in [1.165, 1.54) is 38.5 Å². The van der Waals surface area contributed by atoms with Gasteiger partial charge in [0.25, 0.3) is 5.91 Å². The van der Waals surface area contributed by atoms with Gasteiger partial charge in [0, 0.05) is 51.5 Å². The van der Waals surface area contributed by atoms with Gasteiger partial charge in [0.1, 0.15) is 11.6 Å². The van der Waals surface area contributed by atoms with E-state index >= 15 is 0 Å². The summed E-state index contributed by atoms with van der Waals surface area (Å²) in [5.74, 6) is 2.39. The third-order valence-corrected chi connectivity index (χ3v) is 7.88. The van der Waals surface area contributed by atoms with Crippen molar-refractivity contribution in [1.82, 2.24) is 15.1 Å². The minimum absolute atomic E-state index is 0.145. The van der Waals surface area contributed by atoms with Gasteiger partial charge in [0.15, 0.2) is 0 Å². The van der Waals surface area contributed by atoms with E-state index in [-0.39, 0.29) is 22.9 Å². The molecule has 5 rings (SSSR count). The molecular formula is C22H35N5O. The van der Waals surface area contributed by atoms with Crippen molar-refractivity contribution < 1.29 is 4.79 Å². The molecule has 5 fully saturated rings. The highest BCUT2D eigenvalue weighted by Crippen LogP contribution is 2.61. The second kappa shape index (κ2) is 8.04. The largest absolute Gasteiger partial charge is 0.374 e. The maximum absolute atomic E-state index is 12.9. The first-order valence-electron chi connectivity index (χ1n) is 11.1. The molecule has 1 amide bonds. The van der Waals surface area contributed by atoms with Gasteiger partial charge in [-0.2, -0.15) is 5.26 Å². The molecule has 6 nitrogen and oxygen atoms in total. The summed E-state index contributed by atoms with van der Waals surface area (Å²) in [7, 11) is 0. The van der Waals surface area contributed by atoms with Crippen molar-refractivity contribution in [3.63, 3.8) is 0 Å². The second-order valence-corrected chi connectivity index (χ2v) is 9.80. The number of amides is 1. The molecule has 0 aromatic heterocycles. The van der Waals surface area contributed by atoms with Gasteiger partial charge >= 0.3 is 0 Å². The van der Waals surface area contributed by atoms with Crippen LogP contribution in [0.5, 0.6) is 0 Å². The number of rotatable bonds is 6. The summed E-state index contributed by atoms with van der Waals surface area (Å²) in [6.45, 7) is 7.28. The van der Waals surface area contributed by atoms with Crippen molar-refractivity contribution in [3.05, 3.63) is 11.8 Å². The van der Waals surface area contributed by atoms with Crippen LogP contribution in [0.4, 0.5) is 0 Å². The van der Waals surface area contributed by atoms with Crippen LogP contribution in [0.1, 0.15) is 45.4 Å². The molecule has 1 saturated heterocycles. The van der Waals surface area contributed by atoms with Crippen molar-refractivity contribution in [2.45, 2.75) is 51.5 Å². The standard InChI is InChI=1S/C22H35N5O/c1-16(22-11-17-8-18(12-22)10-19(9-17)13-22)25-21(28)20(14-24)15-27-6-4-26(3-2-23)5-7-27/h15-19H,2-13,23H2,1H3,(H,25,28)/b20-15-. The van der Waals surface area contributed by atoms with Crippen LogP contribution in [0.15, 0.2) is 11.8 Å². The zero-order valence-corrected chi connectivity index (χ0v) is 17.2. The molecule has 154 valence electrons. The van der Waals surface area contributed by atoms with E-state index in [1.807, 2.05) is 0 Å². The van der Waals surface area contributed by atoms with Gasteiger partial charge in [-0.1, -0.05) is 0 Å². The third-order valence-electron chi connectivity index (χ3n) is 7.88. The maximum Gasteiger partial charge on any atom is 0.263 e. The summed E-state index contributed by atoms with van der Waals surface area (Å²) in [6.07, 6.45) is 9.75. The molecular weight excluding hydrogens is 350 g/mol. The SMILES string of the molecule is CC(NC(=O)/C(C#N)=C\N1CCN(CCN)CC1)C12CC3CC(CC(C3)C1)C2. The fourth-order valence-electron chi connectivity index (χ4n) is 6.75. The van der Waals surface area contributed by atoms with Crippen molar-refractivity contribution in [2.24, 2.45) is 28.9 Å². The van der Waals surface area contributed by atoms with Gasteiger partial charge < -0.3 is 16.0 Å². The van der Waals surface area contributed by atoms with Crippen LogP contribution in [-0.4, -0.2) is 61.0 Å². The lowest BCUT2D eigenvalue weighted by molar-refractivity contribution is -0.122. The molecule has 6 heteroatoms. The number of nitrogens with zero attached hydrogens (tertiary/aromatic N) is 3. The first-order chi connectivity index (χ1) is 13.5. The Hall–Kier alpha value is -1.58. The van der Waals surface area contributed by atoms with Gasteiger partial charge in [0.2, 0.25) is 0 Å². The molecule has 1 aliphatic heterocycles. The predicted molar refractivity (Wildman–Crippen MR) is 109 cm³/mol. The molecule has 0 aromatic carbocycles. The van der Waals surface area contributed by atoms with E-state index in [4.69, 9.17) is 5.73 Å². The van der Waals surface area contributed by atoms with E-state index in [2.05, 4.69) is 28.1 Å². The minimum atomic E-state index is -0.199. The topological polar surface area (TPSA) is 85.4 Å². The molecule has 4 bridgehead atoms. The van der Waals surface area contributed by atoms with Crippen LogP contribution in [0.25, 0.3) is 0 Å². The molecule has 4 aliphatic carbocycles. The first-order valence-corrected chi connectivity index (χ1v) is 11.1. The lowest BCUT2D eigenvalue weighted by Gasteiger charge is -2.59. The average molecular weight is 386 g/mol. The van der Waals surface area contributed by atoms with Gasteiger partial charge in [-0.3, -0.25) is 9.69 Å². The lowest BCUT2D eigenvalue weighted by atomic mass is 9.48. The fraction of sp³-hybridized carbons (Fsp3) is 0.818. The summed E-state index contributed by atoms with van der Waals surface area (Å²) < 4.78 is 0. The molecule has 1 atom stereocenters. The maximum atomic E-state index is 12.9. The number of nitriles is 1. The second-order valence-electron chi connectivity index (χ2n) is 9.80. The van der Waals surface area contributed by atoms with E-state index in [9.17, 15) is 10.1 Å². The van der Waals surface area contributed by atoms with E-state index < -0.39 is 0 Å². The first kappa shape index (κ1) is 19.7. The van der Waals surface area contributed by atoms with Crippen LogP contribution >= 0.6 is 0 Å². The monoisotopic (exact) mass is 385 g/mol. The Kier molecular flexibility index (Phi) is 5.66. The Morgan fingerprint density at radius 2 is 1.75 bits per heavy atom. The Morgan fingerprint density at radius 1 is 1.18 bits per heavy atom. The van der Waals surface area contributed by atoms with Gasteiger partial charge in [0.05, 0.1) is 0 Å². The smallest absolute Gasteiger partial charge is 0.263 e. The van der Waals surface area contributed by atoms with E-state index in [0.717, 1.165) is 50.5 Å². The number of hydrogen-bond acceptors (Lipinski definition) is 5. The number of carbonyl (C=O) groups excluding carboxylic acids is 1. The predicted octanol–water partition coefficient (Wildman–Crippen LogP) is 1.69. The molecule has 5 aliphatic rings. The normalized spacial score (nSPS) is 36.2. The Labute approximate surface area is 169 Å². The number of piperazine rings is 1. The fourth-order valence-corrected chi connectivity index (χ4v) is 6.75. The number of nitrogens with two attached hydrogens (primary N) is 1. The molecule has 28 heavy (non-hydrogen) atoms. The summed E-state index contributed by atoms with van der Waals surface area (Å²) >= 11 is 0. The highest BCUT2D eigenvalue weighted by atomic mass is 16.1. The Balaban J connectivity index is 1.36. The summed E-state index contributed by atoms with van der Waals surface area (Å²) in [5.41, 5.74) is 6.13. The number of carbonyl (C=O) groups is 1. The summed E-state index contributed by atoms with van der Waals surface area (Å²) in [5, 5.41) is 12.8. The zero-order chi connectivity index (χ0) is 19.7. The molecule has 4 saturated carbocycles. The molecule has 0 radical (unpaired) electrons. The molecule has 0 aromatic rings. The van der Waals surface area contributed by atoms with Crippen molar-refractivity contribution in [2.75, 3.05) is 39.3 Å². The van der Waals surface area contributed by atoms with Crippen LogP contribution < -0.4 is 11.1 Å². The highest BCUT2D eigenvalue weighted by Gasteiger charge is 2.53. The van der Waals surface area contributed by atoms with Crippen LogP contribution in [0.3, 0.4) is 0 Å². The number of nitrogens with one attached hydrogen (secondary N) is 1. The third kappa shape index (κ3) is 3.92. The van der Waals surface area contributed by atoms with Crippen LogP contribution in [0.2, 0.25) is 0 Å². The van der Waals surface area contributed by atoms with Crippen molar-refractivity contribution in [3.8, 4) is 6.07 Å². The molecule has 1 heterocycles. The van der Waals surface area contributed by atoms with Gasteiger partial charge in [-0.15, -0.1) is 0 Å². The molecule has 3 N–H and O–H groups in total. The van der Waals surface area contributed by atoms with E-state index in [1.54, 1.807) is 6.20 Å². The molecule has 0 spiro atoms. The quantitative estimate of drug-likeness (QED) is 0.537. The average Bonchev–Trinajstić information content (AvgIpc) is 2.66. The van der Waals surface area contributed by atoms with Crippen LogP contribution in [-0.2, 0) is 4.79 Å². The van der Waals surface area contributed by atoms with E-state index in [0.29, 0.717) is 6.54 Å². The zero-order valence-electron chi connectivity index (χ0n) is 17.2. The summed E-state index contributed by atoms with van der Waals surface area (Å²) in [6, 6.07) is 2.28. The van der Waals surface area contributed by atoms with Crippen molar-refractivity contribution in [1.29, 1.82) is 5.26 Å². The summed E-state index contributed by atoms with van der Waals surface area (Å²) in [4.78, 5) is 17.3.